The summed E-state index contributed by atoms with van der Waals surface area (Å²) in [4.78, 5) is 0. The molecule has 1 aromatic heterocycles. The van der Waals surface area contributed by atoms with Crippen LogP contribution in [0.3, 0.4) is 0 Å². The minimum absolute atomic E-state index is 0.613. The lowest BCUT2D eigenvalue weighted by Crippen LogP contribution is -2.27. The average Bonchev–Trinajstić information content (AvgIpc) is 2.51. The highest BCUT2D eigenvalue weighted by atomic mass is 15.2. The zero-order valence-electron chi connectivity index (χ0n) is 10.3. The first-order chi connectivity index (χ1) is 7.11. The molecule has 0 radical (unpaired) electrons. The van der Waals surface area contributed by atoms with Gasteiger partial charge < -0.3 is 5.32 Å². The summed E-state index contributed by atoms with van der Waals surface area (Å²) in [6.07, 6.45) is 6.43. The second-order valence-corrected chi connectivity index (χ2v) is 4.53. The normalized spacial score (nSPS) is 15.2. The number of aryl methyl sites for hydroxylation is 1. The summed E-state index contributed by atoms with van der Waals surface area (Å²) in [6, 6.07) is 0.613. The molecule has 1 N–H and O–H groups in total. The van der Waals surface area contributed by atoms with Crippen molar-refractivity contribution < 1.29 is 0 Å². The van der Waals surface area contributed by atoms with Crippen molar-refractivity contribution >= 4 is 0 Å². The molecule has 1 aromatic rings. The van der Waals surface area contributed by atoms with Crippen LogP contribution in [0, 0.1) is 5.92 Å². The third-order valence-corrected chi connectivity index (χ3v) is 2.65. The minimum atomic E-state index is 0.613. The van der Waals surface area contributed by atoms with Gasteiger partial charge in [0.1, 0.15) is 0 Å². The van der Waals surface area contributed by atoms with Crippen LogP contribution in [0.1, 0.15) is 32.8 Å². The van der Waals surface area contributed by atoms with Gasteiger partial charge in [-0.25, -0.2) is 0 Å². The third-order valence-electron chi connectivity index (χ3n) is 2.65. The number of nitrogens with zero attached hydrogens (tertiary/aromatic N) is 2. The maximum atomic E-state index is 4.19. The first-order valence-electron chi connectivity index (χ1n) is 5.82. The second kappa shape index (κ2) is 5.91. The highest BCUT2D eigenvalue weighted by molar-refractivity contribution is 5.04. The first-order valence-corrected chi connectivity index (χ1v) is 5.82. The summed E-state index contributed by atoms with van der Waals surface area (Å²) in [6.45, 7) is 7.77. The SMILES string of the molecule is CCNC(C)CC(C)Cc1cnn(C)c1. The lowest BCUT2D eigenvalue weighted by molar-refractivity contribution is 0.426. The van der Waals surface area contributed by atoms with Crippen LogP contribution in [-0.2, 0) is 13.5 Å². The van der Waals surface area contributed by atoms with Crippen molar-refractivity contribution in [2.75, 3.05) is 6.54 Å². The van der Waals surface area contributed by atoms with Crippen molar-refractivity contribution in [1.29, 1.82) is 0 Å². The first kappa shape index (κ1) is 12.2. The van der Waals surface area contributed by atoms with Gasteiger partial charge in [-0.05, 0) is 37.8 Å². The molecule has 0 aliphatic heterocycles. The fraction of sp³-hybridized carbons (Fsp3) is 0.750. The van der Waals surface area contributed by atoms with Crippen molar-refractivity contribution in [1.82, 2.24) is 15.1 Å². The molecule has 0 aliphatic rings. The quantitative estimate of drug-likeness (QED) is 0.776. The Kier molecular flexibility index (Phi) is 4.82. The fourth-order valence-electron chi connectivity index (χ4n) is 2.10. The van der Waals surface area contributed by atoms with Crippen molar-refractivity contribution in [3.8, 4) is 0 Å². The van der Waals surface area contributed by atoms with Crippen LogP contribution in [-0.4, -0.2) is 22.4 Å². The molecule has 2 atom stereocenters. The topological polar surface area (TPSA) is 29.9 Å². The van der Waals surface area contributed by atoms with Gasteiger partial charge in [-0.15, -0.1) is 0 Å². The second-order valence-electron chi connectivity index (χ2n) is 4.53. The minimum Gasteiger partial charge on any atom is -0.315 e. The Morgan fingerprint density at radius 2 is 2.20 bits per heavy atom. The molecule has 0 spiro atoms. The molecule has 2 unspecified atom stereocenters. The van der Waals surface area contributed by atoms with Crippen LogP contribution in [0.5, 0.6) is 0 Å². The Labute approximate surface area is 92.9 Å². The van der Waals surface area contributed by atoms with E-state index in [1.807, 2.05) is 17.9 Å². The van der Waals surface area contributed by atoms with Gasteiger partial charge in [-0.1, -0.05) is 13.8 Å². The van der Waals surface area contributed by atoms with Crippen LogP contribution >= 0.6 is 0 Å². The number of rotatable bonds is 6. The van der Waals surface area contributed by atoms with E-state index in [-0.39, 0.29) is 0 Å². The summed E-state index contributed by atoms with van der Waals surface area (Å²) in [5.41, 5.74) is 1.34. The number of aromatic nitrogens is 2. The molecule has 1 heterocycles. The molecule has 0 bridgehead atoms. The van der Waals surface area contributed by atoms with E-state index in [0.717, 1.165) is 13.0 Å². The molecular weight excluding hydrogens is 186 g/mol. The summed E-state index contributed by atoms with van der Waals surface area (Å²) in [7, 11) is 1.97. The number of hydrogen-bond donors (Lipinski definition) is 1. The molecule has 15 heavy (non-hydrogen) atoms. The Balaban J connectivity index is 2.32. The molecule has 0 fully saturated rings. The van der Waals surface area contributed by atoms with Gasteiger partial charge in [-0.2, -0.15) is 5.10 Å². The van der Waals surface area contributed by atoms with E-state index in [1.165, 1.54) is 12.0 Å². The van der Waals surface area contributed by atoms with Gasteiger partial charge in [0.25, 0.3) is 0 Å². The van der Waals surface area contributed by atoms with E-state index in [2.05, 4.69) is 37.4 Å². The Hall–Kier alpha value is -0.830. The summed E-state index contributed by atoms with van der Waals surface area (Å²) < 4.78 is 1.87. The van der Waals surface area contributed by atoms with Crippen molar-refractivity contribution in [3.05, 3.63) is 18.0 Å². The van der Waals surface area contributed by atoms with Crippen LogP contribution in [0.15, 0.2) is 12.4 Å². The van der Waals surface area contributed by atoms with Gasteiger partial charge in [-0.3, -0.25) is 4.68 Å². The van der Waals surface area contributed by atoms with Gasteiger partial charge in [0.2, 0.25) is 0 Å². The third kappa shape index (κ3) is 4.47. The van der Waals surface area contributed by atoms with Crippen LogP contribution < -0.4 is 5.32 Å². The van der Waals surface area contributed by atoms with E-state index in [4.69, 9.17) is 0 Å². The number of nitrogens with one attached hydrogen (secondary N) is 1. The fourth-order valence-corrected chi connectivity index (χ4v) is 2.10. The summed E-state index contributed by atoms with van der Waals surface area (Å²) in [5.74, 6) is 0.711. The molecule has 0 saturated carbocycles. The Morgan fingerprint density at radius 3 is 2.73 bits per heavy atom. The van der Waals surface area contributed by atoms with Crippen molar-refractivity contribution in [3.63, 3.8) is 0 Å². The van der Waals surface area contributed by atoms with Gasteiger partial charge in [0.05, 0.1) is 6.20 Å². The molecule has 0 aliphatic carbocycles. The van der Waals surface area contributed by atoms with E-state index >= 15 is 0 Å². The predicted octanol–water partition coefficient (Wildman–Crippen LogP) is 1.99. The van der Waals surface area contributed by atoms with Crippen LogP contribution in [0.4, 0.5) is 0 Å². The predicted molar refractivity (Wildman–Crippen MR) is 63.8 cm³/mol. The van der Waals surface area contributed by atoms with Crippen molar-refractivity contribution in [2.24, 2.45) is 13.0 Å². The molecule has 86 valence electrons. The molecule has 1 rings (SSSR count). The van der Waals surface area contributed by atoms with Crippen molar-refractivity contribution in [2.45, 2.75) is 39.7 Å². The average molecular weight is 209 g/mol. The lowest BCUT2D eigenvalue weighted by atomic mass is 9.96. The Bertz CT molecular complexity index is 280. The van der Waals surface area contributed by atoms with Crippen LogP contribution in [0.25, 0.3) is 0 Å². The molecular formula is C12H23N3. The molecule has 0 aromatic carbocycles. The maximum absolute atomic E-state index is 4.19. The summed E-state index contributed by atoms with van der Waals surface area (Å²) >= 11 is 0. The summed E-state index contributed by atoms with van der Waals surface area (Å²) in [5, 5.41) is 7.63. The lowest BCUT2D eigenvalue weighted by Gasteiger charge is -2.17. The molecule has 3 heteroatoms. The highest BCUT2D eigenvalue weighted by Gasteiger charge is 2.09. The van der Waals surface area contributed by atoms with Crippen LogP contribution in [0.2, 0.25) is 0 Å². The maximum Gasteiger partial charge on any atom is 0.0521 e. The zero-order chi connectivity index (χ0) is 11.3. The molecule has 3 nitrogen and oxygen atoms in total. The van der Waals surface area contributed by atoms with Gasteiger partial charge in [0, 0.05) is 19.3 Å². The zero-order valence-corrected chi connectivity index (χ0v) is 10.3. The monoisotopic (exact) mass is 209 g/mol. The Morgan fingerprint density at radius 1 is 1.47 bits per heavy atom. The van der Waals surface area contributed by atoms with Gasteiger partial charge >= 0.3 is 0 Å². The van der Waals surface area contributed by atoms with E-state index < -0.39 is 0 Å². The molecule has 0 amide bonds. The molecule has 0 saturated heterocycles. The van der Waals surface area contributed by atoms with Gasteiger partial charge in [0.15, 0.2) is 0 Å². The largest absolute Gasteiger partial charge is 0.315 e. The standard InChI is InChI=1S/C12H23N3/c1-5-13-11(3)6-10(2)7-12-8-14-15(4)9-12/h8-11,13H,5-7H2,1-4H3. The van der Waals surface area contributed by atoms with E-state index in [9.17, 15) is 0 Å². The number of hydrogen-bond acceptors (Lipinski definition) is 2. The smallest absolute Gasteiger partial charge is 0.0521 e. The van der Waals surface area contributed by atoms with E-state index in [1.54, 1.807) is 0 Å². The van der Waals surface area contributed by atoms with E-state index in [0.29, 0.717) is 12.0 Å². The highest BCUT2D eigenvalue weighted by Crippen LogP contribution is 2.12.